The number of rotatable bonds is 2. The molecule has 9 aromatic rings. The lowest BCUT2D eigenvalue weighted by molar-refractivity contribution is 0.425. The summed E-state index contributed by atoms with van der Waals surface area (Å²) in [5.74, 6) is 0. The first kappa shape index (κ1) is 26.2. The standard InChI is InChI=1S/C43H26BNO3/c46-44(47)36-20-9-15-29-30-16-10-22-38(42(30)48-41(29)36)45-37-21-8-4-13-27(37)28-23-24-35-39(40(28)45)31-14-3-7-19-34(31)43(35)32-17-5-1-11-25(32)26-12-2-6-18-33(26)43/h1-24,46-47H. The molecular weight excluding hydrogens is 589 g/mol. The number of aromatic nitrogens is 1. The zero-order chi connectivity index (χ0) is 31.7. The van der Waals surface area contributed by atoms with Crippen molar-refractivity contribution in [2.45, 2.75) is 5.41 Å². The van der Waals surface area contributed by atoms with Gasteiger partial charge in [0.15, 0.2) is 5.58 Å². The quantitative estimate of drug-likeness (QED) is 0.191. The molecule has 7 aromatic carbocycles. The number of nitrogens with zero attached hydrogens (tertiary/aromatic N) is 1. The average Bonchev–Trinajstić information content (AvgIpc) is 3.85. The first-order valence-electron chi connectivity index (χ1n) is 16.3. The Morgan fingerprint density at radius 3 is 1.79 bits per heavy atom. The van der Waals surface area contributed by atoms with Crippen LogP contribution in [0.15, 0.2) is 150 Å². The van der Waals surface area contributed by atoms with Crippen molar-refractivity contribution in [3.05, 3.63) is 168 Å². The number of benzene rings is 7. The fraction of sp³-hybridized carbons (Fsp3) is 0.0233. The van der Waals surface area contributed by atoms with Gasteiger partial charge in [0.05, 0.1) is 22.1 Å². The lowest BCUT2D eigenvalue weighted by Crippen LogP contribution is -2.29. The molecule has 0 atom stereocenters. The number of fused-ring (bicyclic) bond motifs is 17. The summed E-state index contributed by atoms with van der Waals surface area (Å²) in [6.45, 7) is 0. The lowest BCUT2D eigenvalue weighted by Gasteiger charge is -2.30. The maximum Gasteiger partial charge on any atom is 0.492 e. The molecule has 5 heteroatoms. The average molecular weight is 615 g/mol. The minimum absolute atomic E-state index is 0.354. The molecule has 0 saturated heterocycles. The minimum atomic E-state index is -1.64. The zero-order valence-electron chi connectivity index (χ0n) is 25.7. The van der Waals surface area contributed by atoms with Gasteiger partial charge in [-0.2, -0.15) is 0 Å². The fourth-order valence-electron chi connectivity index (χ4n) is 9.09. The molecular formula is C43H26BNO3. The SMILES string of the molecule is OB(O)c1cccc2c1oc1c(-n3c4ccccc4c4ccc5c(c43)-c3ccccc3C53c4ccccc4-c4ccccc43)cccc12. The molecule has 0 unspecified atom stereocenters. The number of hydrogen-bond donors (Lipinski definition) is 2. The van der Waals surface area contributed by atoms with Crippen molar-refractivity contribution in [1.29, 1.82) is 0 Å². The van der Waals surface area contributed by atoms with E-state index in [1.54, 1.807) is 6.07 Å². The second-order valence-corrected chi connectivity index (χ2v) is 13.0. The van der Waals surface area contributed by atoms with E-state index in [9.17, 15) is 10.0 Å². The minimum Gasteiger partial charge on any atom is -0.454 e. The van der Waals surface area contributed by atoms with Crippen LogP contribution >= 0.6 is 0 Å². The van der Waals surface area contributed by atoms with E-state index in [0.717, 1.165) is 27.5 Å². The summed E-state index contributed by atoms with van der Waals surface area (Å²) in [6, 6.07) is 51.7. The number of para-hydroxylation sites is 3. The third kappa shape index (κ3) is 3.00. The maximum absolute atomic E-state index is 10.2. The summed E-state index contributed by atoms with van der Waals surface area (Å²) in [6.07, 6.45) is 0. The Morgan fingerprint density at radius 1 is 0.479 bits per heavy atom. The van der Waals surface area contributed by atoms with E-state index in [1.807, 2.05) is 18.2 Å². The third-order valence-corrected chi connectivity index (χ3v) is 10.8. The highest BCUT2D eigenvalue weighted by Gasteiger charge is 2.52. The second-order valence-electron chi connectivity index (χ2n) is 13.0. The molecule has 48 heavy (non-hydrogen) atoms. The third-order valence-electron chi connectivity index (χ3n) is 10.8. The van der Waals surface area contributed by atoms with Gasteiger partial charge in [-0.1, -0.05) is 133 Å². The van der Waals surface area contributed by atoms with Crippen LogP contribution in [-0.2, 0) is 5.41 Å². The van der Waals surface area contributed by atoms with Crippen LogP contribution in [0.3, 0.4) is 0 Å². The molecule has 0 bridgehead atoms. The van der Waals surface area contributed by atoms with Crippen LogP contribution in [0.25, 0.3) is 71.7 Å². The Kier molecular flexibility index (Phi) is 4.99. The van der Waals surface area contributed by atoms with Crippen molar-refractivity contribution in [2.75, 3.05) is 0 Å². The highest BCUT2D eigenvalue weighted by atomic mass is 16.4. The van der Waals surface area contributed by atoms with Gasteiger partial charge in [-0.05, 0) is 51.1 Å². The van der Waals surface area contributed by atoms with E-state index < -0.39 is 12.5 Å². The largest absolute Gasteiger partial charge is 0.492 e. The van der Waals surface area contributed by atoms with Gasteiger partial charge in [-0.3, -0.25) is 0 Å². The number of hydrogen-bond acceptors (Lipinski definition) is 3. The van der Waals surface area contributed by atoms with Crippen LogP contribution < -0.4 is 5.46 Å². The maximum atomic E-state index is 10.2. The second kappa shape index (κ2) is 9.14. The van der Waals surface area contributed by atoms with Crippen LogP contribution in [0.2, 0.25) is 0 Å². The summed E-state index contributed by atoms with van der Waals surface area (Å²) in [4.78, 5) is 0. The van der Waals surface area contributed by atoms with Crippen LogP contribution in [-0.4, -0.2) is 21.7 Å². The molecule has 4 nitrogen and oxygen atoms in total. The first-order valence-corrected chi connectivity index (χ1v) is 16.3. The highest BCUT2D eigenvalue weighted by molar-refractivity contribution is 6.61. The molecule has 0 radical (unpaired) electrons. The summed E-state index contributed by atoms with van der Waals surface area (Å²) >= 11 is 0. The molecule has 2 aliphatic rings. The normalized spacial score (nSPS) is 13.8. The predicted octanol–water partition coefficient (Wildman–Crippen LogP) is 8.71. The van der Waals surface area contributed by atoms with Gasteiger partial charge >= 0.3 is 7.12 Å². The number of furan rings is 1. The van der Waals surface area contributed by atoms with Gasteiger partial charge in [-0.25, -0.2) is 0 Å². The van der Waals surface area contributed by atoms with Crippen LogP contribution in [0.1, 0.15) is 22.3 Å². The van der Waals surface area contributed by atoms with Crippen LogP contribution in [0.4, 0.5) is 0 Å². The van der Waals surface area contributed by atoms with Gasteiger partial charge in [0, 0.05) is 32.6 Å². The molecule has 0 aliphatic heterocycles. The van der Waals surface area contributed by atoms with Gasteiger partial charge in [0.1, 0.15) is 5.58 Å². The molecule has 2 N–H and O–H groups in total. The smallest absolute Gasteiger partial charge is 0.454 e. The Balaban J connectivity index is 1.34. The molecule has 224 valence electrons. The zero-order valence-corrected chi connectivity index (χ0v) is 25.7. The molecule has 0 amide bonds. The van der Waals surface area contributed by atoms with Crippen molar-refractivity contribution >= 4 is 56.3 Å². The van der Waals surface area contributed by atoms with Gasteiger partial charge < -0.3 is 19.0 Å². The Labute approximate surface area is 275 Å². The Bertz CT molecular complexity index is 2800. The van der Waals surface area contributed by atoms with Crippen molar-refractivity contribution in [1.82, 2.24) is 4.57 Å². The lowest BCUT2D eigenvalue weighted by atomic mass is 9.70. The van der Waals surface area contributed by atoms with Gasteiger partial charge in [-0.15, -0.1) is 0 Å². The Morgan fingerprint density at radius 2 is 1.06 bits per heavy atom. The van der Waals surface area contributed by atoms with Crippen molar-refractivity contribution in [3.8, 4) is 27.9 Å². The van der Waals surface area contributed by atoms with Crippen LogP contribution in [0.5, 0.6) is 0 Å². The topological polar surface area (TPSA) is 58.5 Å². The molecule has 0 saturated carbocycles. The summed E-state index contributed by atoms with van der Waals surface area (Å²) < 4.78 is 9.00. The monoisotopic (exact) mass is 615 g/mol. The summed E-state index contributed by atoms with van der Waals surface area (Å²) in [5.41, 5.74) is 14.5. The molecule has 0 fully saturated rings. The molecule has 2 aromatic heterocycles. The van der Waals surface area contributed by atoms with E-state index in [0.29, 0.717) is 16.6 Å². The van der Waals surface area contributed by atoms with E-state index >= 15 is 0 Å². The van der Waals surface area contributed by atoms with E-state index in [1.165, 1.54) is 55.3 Å². The molecule has 1 spiro atoms. The van der Waals surface area contributed by atoms with Crippen molar-refractivity contribution in [3.63, 3.8) is 0 Å². The first-order chi connectivity index (χ1) is 23.7. The van der Waals surface area contributed by atoms with E-state index in [-0.39, 0.29) is 0 Å². The van der Waals surface area contributed by atoms with Crippen molar-refractivity contribution < 1.29 is 14.5 Å². The Hall–Kier alpha value is -5.88. The fourth-order valence-corrected chi connectivity index (χ4v) is 9.09. The molecule has 2 heterocycles. The van der Waals surface area contributed by atoms with Gasteiger partial charge in [0.2, 0.25) is 0 Å². The molecule has 2 aliphatic carbocycles. The van der Waals surface area contributed by atoms with Crippen LogP contribution in [0, 0.1) is 0 Å². The van der Waals surface area contributed by atoms with E-state index in [2.05, 4.69) is 126 Å². The van der Waals surface area contributed by atoms with Gasteiger partial charge in [0.25, 0.3) is 0 Å². The summed E-state index contributed by atoms with van der Waals surface area (Å²) in [5, 5.41) is 24.6. The predicted molar refractivity (Wildman–Crippen MR) is 194 cm³/mol. The summed E-state index contributed by atoms with van der Waals surface area (Å²) in [7, 11) is -1.64. The van der Waals surface area contributed by atoms with E-state index in [4.69, 9.17) is 4.42 Å². The molecule has 11 rings (SSSR count). The highest BCUT2D eigenvalue weighted by Crippen LogP contribution is 2.64. The van der Waals surface area contributed by atoms with Crippen molar-refractivity contribution in [2.24, 2.45) is 0 Å².